The highest BCUT2D eigenvalue weighted by molar-refractivity contribution is 14.0. The summed E-state index contributed by atoms with van der Waals surface area (Å²) in [5.41, 5.74) is 2.34. The van der Waals surface area contributed by atoms with Gasteiger partial charge in [0, 0.05) is 19.1 Å². The van der Waals surface area contributed by atoms with Crippen LogP contribution in [0.5, 0.6) is 5.75 Å². The lowest BCUT2D eigenvalue weighted by molar-refractivity contribution is -0.120. The lowest BCUT2D eigenvalue weighted by Gasteiger charge is -2.22. The van der Waals surface area contributed by atoms with Crippen molar-refractivity contribution in [1.29, 1.82) is 0 Å². The highest BCUT2D eigenvalue weighted by Crippen LogP contribution is 2.19. The van der Waals surface area contributed by atoms with Gasteiger partial charge in [0.15, 0.2) is 5.96 Å². The SMILES string of the molecule is CCNC(=NCC(=O)NC1CCCCC1)NCCc1ccc(C)c(OC)c1.I. The van der Waals surface area contributed by atoms with Gasteiger partial charge in [-0.3, -0.25) is 4.79 Å². The molecule has 0 atom stereocenters. The number of aryl methyl sites for hydroxylation is 1. The van der Waals surface area contributed by atoms with Crippen molar-refractivity contribution in [2.45, 2.75) is 58.4 Å². The molecule has 3 N–H and O–H groups in total. The van der Waals surface area contributed by atoms with Crippen molar-refractivity contribution < 1.29 is 9.53 Å². The number of aliphatic imine (C=N–C) groups is 1. The molecule has 1 aromatic rings. The van der Waals surface area contributed by atoms with Crippen LogP contribution in [0.3, 0.4) is 0 Å². The van der Waals surface area contributed by atoms with Gasteiger partial charge in [0.1, 0.15) is 12.3 Å². The van der Waals surface area contributed by atoms with E-state index in [1.165, 1.54) is 24.8 Å². The van der Waals surface area contributed by atoms with Gasteiger partial charge in [-0.05, 0) is 50.3 Å². The Morgan fingerprint density at radius 2 is 1.96 bits per heavy atom. The third-order valence-corrected chi connectivity index (χ3v) is 4.87. The van der Waals surface area contributed by atoms with Gasteiger partial charge >= 0.3 is 0 Å². The molecule has 1 aliphatic rings. The highest BCUT2D eigenvalue weighted by atomic mass is 127. The molecule has 28 heavy (non-hydrogen) atoms. The van der Waals surface area contributed by atoms with E-state index >= 15 is 0 Å². The summed E-state index contributed by atoms with van der Waals surface area (Å²) in [5.74, 6) is 1.59. The molecule has 0 unspecified atom stereocenters. The van der Waals surface area contributed by atoms with E-state index in [-0.39, 0.29) is 36.4 Å². The van der Waals surface area contributed by atoms with Gasteiger partial charge in [0.2, 0.25) is 5.91 Å². The second-order valence-electron chi connectivity index (χ2n) is 7.08. The standard InChI is InChI=1S/C21H34N4O2.HI/c1-4-22-21(24-15-20(26)25-18-8-6-5-7-9-18)23-13-12-17-11-10-16(2)19(14-17)27-3;/h10-11,14,18H,4-9,12-13,15H2,1-3H3,(H,25,26)(H2,22,23,24);1H. The van der Waals surface area contributed by atoms with E-state index in [1.807, 2.05) is 13.8 Å². The number of amides is 1. The van der Waals surface area contributed by atoms with E-state index in [9.17, 15) is 4.79 Å². The van der Waals surface area contributed by atoms with E-state index < -0.39 is 0 Å². The molecular weight excluding hydrogens is 467 g/mol. The van der Waals surface area contributed by atoms with Crippen LogP contribution in [-0.2, 0) is 11.2 Å². The van der Waals surface area contributed by atoms with Crippen LogP contribution in [0, 0.1) is 6.92 Å². The first-order valence-corrected chi connectivity index (χ1v) is 10.1. The first kappa shape index (κ1) is 24.5. The van der Waals surface area contributed by atoms with E-state index in [1.54, 1.807) is 7.11 Å². The fraction of sp³-hybridized carbons (Fsp3) is 0.619. The number of guanidine groups is 1. The second-order valence-corrected chi connectivity index (χ2v) is 7.08. The number of benzene rings is 1. The second kappa shape index (κ2) is 13.6. The maximum atomic E-state index is 12.1. The molecule has 7 heteroatoms. The number of nitrogens with one attached hydrogen (secondary N) is 3. The predicted octanol–water partition coefficient (Wildman–Crippen LogP) is 3.17. The first-order valence-electron chi connectivity index (χ1n) is 10.1. The van der Waals surface area contributed by atoms with Crippen molar-refractivity contribution in [3.05, 3.63) is 29.3 Å². The van der Waals surface area contributed by atoms with Crippen molar-refractivity contribution in [2.75, 3.05) is 26.7 Å². The molecule has 1 aromatic carbocycles. The van der Waals surface area contributed by atoms with Crippen LogP contribution < -0.4 is 20.7 Å². The maximum Gasteiger partial charge on any atom is 0.242 e. The summed E-state index contributed by atoms with van der Waals surface area (Å²) in [6.45, 7) is 5.71. The third kappa shape index (κ3) is 8.67. The number of ether oxygens (including phenoxy) is 1. The van der Waals surface area contributed by atoms with Crippen molar-refractivity contribution in [2.24, 2.45) is 4.99 Å². The molecule has 0 aliphatic heterocycles. The molecule has 1 fully saturated rings. The number of hydrogen-bond donors (Lipinski definition) is 3. The summed E-state index contributed by atoms with van der Waals surface area (Å²) < 4.78 is 5.38. The van der Waals surface area contributed by atoms with E-state index in [4.69, 9.17) is 4.74 Å². The largest absolute Gasteiger partial charge is 0.496 e. The Labute approximate surface area is 186 Å². The number of hydrogen-bond acceptors (Lipinski definition) is 3. The summed E-state index contributed by atoms with van der Waals surface area (Å²) in [7, 11) is 1.69. The van der Waals surface area contributed by atoms with Gasteiger partial charge in [-0.2, -0.15) is 0 Å². The smallest absolute Gasteiger partial charge is 0.242 e. The number of rotatable bonds is 8. The quantitative estimate of drug-likeness (QED) is 0.290. The van der Waals surface area contributed by atoms with Gasteiger partial charge in [-0.15, -0.1) is 24.0 Å². The Morgan fingerprint density at radius 1 is 1.21 bits per heavy atom. The summed E-state index contributed by atoms with van der Waals surface area (Å²) in [4.78, 5) is 16.5. The van der Waals surface area contributed by atoms with Crippen LogP contribution in [0.25, 0.3) is 0 Å². The molecule has 1 aliphatic carbocycles. The molecule has 6 nitrogen and oxygen atoms in total. The third-order valence-electron chi connectivity index (χ3n) is 4.87. The van der Waals surface area contributed by atoms with E-state index in [2.05, 4.69) is 39.1 Å². The van der Waals surface area contributed by atoms with Crippen molar-refractivity contribution in [3.63, 3.8) is 0 Å². The molecule has 2 rings (SSSR count). The Balaban J connectivity index is 0.00000392. The van der Waals surface area contributed by atoms with E-state index in [0.717, 1.165) is 43.7 Å². The molecule has 0 radical (unpaired) electrons. The van der Waals surface area contributed by atoms with Crippen LogP contribution in [0.1, 0.15) is 50.2 Å². The average molecular weight is 502 g/mol. The lowest BCUT2D eigenvalue weighted by Crippen LogP contribution is -2.41. The van der Waals surface area contributed by atoms with Crippen molar-refractivity contribution >= 4 is 35.8 Å². The summed E-state index contributed by atoms with van der Waals surface area (Å²) in [6.07, 6.45) is 6.74. The fourth-order valence-corrected chi connectivity index (χ4v) is 3.36. The topological polar surface area (TPSA) is 74.8 Å². The fourth-order valence-electron chi connectivity index (χ4n) is 3.36. The van der Waals surface area contributed by atoms with Gasteiger partial charge in [-0.25, -0.2) is 4.99 Å². The number of methoxy groups -OCH3 is 1. The summed E-state index contributed by atoms with van der Waals surface area (Å²) >= 11 is 0. The van der Waals surface area contributed by atoms with E-state index in [0.29, 0.717) is 12.0 Å². The minimum absolute atomic E-state index is 0. The van der Waals surface area contributed by atoms with Gasteiger partial charge < -0.3 is 20.7 Å². The zero-order valence-electron chi connectivity index (χ0n) is 17.3. The van der Waals surface area contributed by atoms with Gasteiger partial charge in [-0.1, -0.05) is 31.4 Å². The normalized spacial score (nSPS) is 14.8. The molecular formula is C21H35IN4O2. The van der Waals surface area contributed by atoms with Gasteiger partial charge in [0.05, 0.1) is 7.11 Å². The van der Waals surface area contributed by atoms with Crippen LogP contribution >= 0.6 is 24.0 Å². The predicted molar refractivity (Wildman–Crippen MR) is 126 cm³/mol. The van der Waals surface area contributed by atoms with Gasteiger partial charge in [0.25, 0.3) is 0 Å². The molecule has 0 bridgehead atoms. The Hall–Kier alpha value is -1.51. The summed E-state index contributed by atoms with van der Waals surface area (Å²) in [5, 5.41) is 9.59. The Kier molecular flexibility index (Phi) is 11.9. The number of carbonyl (C=O) groups is 1. The molecule has 1 amide bonds. The molecule has 0 saturated heterocycles. The number of carbonyl (C=O) groups excluding carboxylic acids is 1. The van der Waals surface area contributed by atoms with Crippen LogP contribution in [0.15, 0.2) is 23.2 Å². The molecule has 158 valence electrons. The molecule has 0 spiro atoms. The molecule has 1 saturated carbocycles. The monoisotopic (exact) mass is 502 g/mol. The first-order chi connectivity index (χ1) is 13.1. The Morgan fingerprint density at radius 3 is 2.64 bits per heavy atom. The number of nitrogens with zero attached hydrogens (tertiary/aromatic N) is 1. The van der Waals surface area contributed by atoms with Crippen molar-refractivity contribution in [1.82, 2.24) is 16.0 Å². The number of halogens is 1. The average Bonchev–Trinajstić information content (AvgIpc) is 2.68. The molecule has 0 heterocycles. The summed E-state index contributed by atoms with van der Waals surface area (Å²) in [6, 6.07) is 6.58. The minimum Gasteiger partial charge on any atom is -0.496 e. The van der Waals surface area contributed by atoms with Crippen LogP contribution in [0.4, 0.5) is 0 Å². The molecule has 0 aromatic heterocycles. The van der Waals surface area contributed by atoms with Crippen LogP contribution in [-0.4, -0.2) is 44.7 Å². The zero-order valence-corrected chi connectivity index (χ0v) is 19.7. The van der Waals surface area contributed by atoms with Crippen LogP contribution in [0.2, 0.25) is 0 Å². The lowest BCUT2D eigenvalue weighted by atomic mass is 9.95. The maximum absolute atomic E-state index is 12.1. The zero-order chi connectivity index (χ0) is 19.5. The highest BCUT2D eigenvalue weighted by Gasteiger charge is 2.15. The Bertz CT molecular complexity index is 631. The minimum atomic E-state index is 0. The van der Waals surface area contributed by atoms with Crippen molar-refractivity contribution in [3.8, 4) is 5.75 Å².